The fraction of sp³-hybridized carbons (Fsp3) is 0.308. The fourth-order valence-corrected chi connectivity index (χ4v) is 1.61. The Hall–Kier alpha value is -1.48. The Labute approximate surface area is 106 Å². The van der Waals surface area contributed by atoms with Gasteiger partial charge < -0.3 is 9.47 Å². The summed E-state index contributed by atoms with van der Waals surface area (Å²) in [4.78, 5) is 11.3. The first-order chi connectivity index (χ1) is 8.08. The molecule has 0 radical (unpaired) electrons. The third kappa shape index (κ3) is 3.79. The summed E-state index contributed by atoms with van der Waals surface area (Å²) in [6.45, 7) is 3.96. The highest BCUT2D eigenvalue weighted by Crippen LogP contribution is 2.27. The number of benzene rings is 1. The van der Waals surface area contributed by atoms with Gasteiger partial charge in [0, 0.05) is 6.08 Å². The van der Waals surface area contributed by atoms with Crippen molar-refractivity contribution in [1.82, 2.24) is 0 Å². The zero-order chi connectivity index (χ0) is 12.8. The predicted octanol–water partition coefficient (Wildman–Crippen LogP) is 3.32. The summed E-state index contributed by atoms with van der Waals surface area (Å²) in [5.74, 6) is 0.260. The van der Waals surface area contributed by atoms with Gasteiger partial charge in [0.1, 0.15) is 5.75 Å². The minimum atomic E-state index is -0.350. The number of methoxy groups -OCH3 is 1. The maximum absolute atomic E-state index is 11.3. The van der Waals surface area contributed by atoms with Gasteiger partial charge in [-0.25, -0.2) is 4.79 Å². The molecule has 92 valence electrons. The maximum atomic E-state index is 11.3. The second kappa shape index (κ2) is 6.30. The molecule has 0 amide bonds. The molecule has 1 rings (SSSR count). The van der Waals surface area contributed by atoms with E-state index >= 15 is 0 Å². The van der Waals surface area contributed by atoms with E-state index in [2.05, 4.69) is 0 Å². The van der Waals surface area contributed by atoms with E-state index < -0.39 is 0 Å². The molecule has 0 heterocycles. The molecule has 0 spiro atoms. The van der Waals surface area contributed by atoms with Gasteiger partial charge in [-0.05, 0) is 37.1 Å². The average Bonchev–Trinajstić information content (AvgIpc) is 2.29. The highest BCUT2D eigenvalue weighted by molar-refractivity contribution is 6.32. The lowest BCUT2D eigenvalue weighted by Gasteiger charge is -2.06. The molecule has 1 aromatic rings. The van der Waals surface area contributed by atoms with Crippen LogP contribution in [0.15, 0.2) is 24.3 Å². The Morgan fingerprint density at radius 2 is 2.18 bits per heavy atom. The molecule has 4 heteroatoms. The number of hydrogen-bond acceptors (Lipinski definition) is 3. The van der Waals surface area contributed by atoms with E-state index in [0.29, 0.717) is 17.4 Å². The Bertz CT molecular complexity index is 438. The summed E-state index contributed by atoms with van der Waals surface area (Å²) in [5, 5.41) is 0.515. The van der Waals surface area contributed by atoms with Crippen LogP contribution in [0.3, 0.4) is 0 Å². The van der Waals surface area contributed by atoms with Gasteiger partial charge in [-0.15, -0.1) is 0 Å². The molecule has 17 heavy (non-hydrogen) atoms. The van der Waals surface area contributed by atoms with E-state index in [0.717, 1.165) is 11.1 Å². The molecule has 0 saturated carbocycles. The lowest BCUT2D eigenvalue weighted by molar-refractivity contribution is -0.137. The third-order valence-electron chi connectivity index (χ3n) is 2.23. The van der Waals surface area contributed by atoms with Crippen LogP contribution in [0.5, 0.6) is 5.75 Å². The topological polar surface area (TPSA) is 35.5 Å². The molecule has 1 aromatic carbocycles. The molecule has 0 aliphatic heterocycles. The largest absolute Gasteiger partial charge is 0.495 e. The molecule has 0 aliphatic carbocycles. The quantitative estimate of drug-likeness (QED) is 0.611. The molecule has 0 fully saturated rings. The van der Waals surface area contributed by atoms with E-state index in [1.807, 2.05) is 13.0 Å². The number of halogens is 1. The Kier molecular flexibility index (Phi) is 5.04. The van der Waals surface area contributed by atoms with Crippen LogP contribution in [0.4, 0.5) is 0 Å². The van der Waals surface area contributed by atoms with Gasteiger partial charge in [-0.1, -0.05) is 17.7 Å². The number of allylic oxidation sites excluding steroid dienone is 1. The molecule has 0 bridgehead atoms. The van der Waals surface area contributed by atoms with E-state index in [1.54, 1.807) is 26.2 Å². The van der Waals surface area contributed by atoms with Crippen LogP contribution in [0.2, 0.25) is 5.02 Å². The SMILES string of the molecule is CCOC(=O)/C=C(\C)c1ccc(OC)c(Cl)c1. The summed E-state index contributed by atoms with van der Waals surface area (Å²) in [5.41, 5.74) is 1.66. The van der Waals surface area contributed by atoms with E-state index in [1.165, 1.54) is 6.08 Å². The third-order valence-corrected chi connectivity index (χ3v) is 2.52. The molecule has 0 aromatic heterocycles. The fourth-order valence-electron chi connectivity index (χ4n) is 1.36. The Morgan fingerprint density at radius 3 is 2.71 bits per heavy atom. The van der Waals surface area contributed by atoms with E-state index in [9.17, 15) is 4.79 Å². The molecule has 3 nitrogen and oxygen atoms in total. The first-order valence-electron chi connectivity index (χ1n) is 5.27. The maximum Gasteiger partial charge on any atom is 0.331 e. The molecular weight excluding hydrogens is 240 g/mol. The van der Waals surface area contributed by atoms with Crippen LogP contribution < -0.4 is 4.74 Å². The Balaban J connectivity index is 2.93. The first-order valence-corrected chi connectivity index (χ1v) is 5.65. The lowest BCUT2D eigenvalue weighted by Crippen LogP contribution is -2.00. The molecule has 0 N–H and O–H groups in total. The van der Waals surface area contributed by atoms with Crippen LogP contribution in [0, 0.1) is 0 Å². The van der Waals surface area contributed by atoms with Crippen LogP contribution >= 0.6 is 11.6 Å². The first kappa shape index (κ1) is 13.6. The van der Waals surface area contributed by atoms with E-state index in [4.69, 9.17) is 21.1 Å². The summed E-state index contributed by atoms with van der Waals surface area (Å²) in [7, 11) is 1.56. The van der Waals surface area contributed by atoms with Gasteiger partial charge in [0.2, 0.25) is 0 Å². The van der Waals surface area contributed by atoms with Crippen molar-refractivity contribution >= 4 is 23.1 Å². The van der Waals surface area contributed by atoms with Crippen LogP contribution in [0.25, 0.3) is 5.57 Å². The normalized spacial score (nSPS) is 11.2. The van der Waals surface area contributed by atoms with Gasteiger partial charge in [-0.2, -0.15) is 0 Å². The van der Waals surface area contributed by atoms with Gasteiger partial charge in [0.15, 0.2) is 0 Å². The van der Waals surface area contributed by atoms with Crippen molar-refractivity contribution < 1.29 is 14.3 Å². The van der Waals surface area contributed by atoms with Crippen molar-refractivity contribution in [3.63, 3.8) is 0 Å². The predicted molar refractivity (Wildman–Crippen MR) is 68.3 cm³/mol. The smallest absolute Gasteiger partial charge is 0.331 e. The van der Waals surface area contributed by atoms with Crippen molar-refractivity contribution in [1.29, 1.82) is 0 Å². The second-order valence-corrected chi connectivity index (χ2v) is 3.84. The van der Waals surface area contributed by atoms with Gasteiger partial charge in [0.05, 0.1) is 18.7 Å². The van der Waals surface area contributed by atoms with Gasteiger partial charge in [0.25, 0.3) is 0 Å². The Morgan fingerprint density at radius 1 is 1.47 bits per heavy atom. The number of esters is 1. The number of carbonyl (C=O) groups is 1. The van der Waals surface area contributed by atoms with Crippen LogP contribution in [0.1, 0.15) is 19.4 Å². The van der Waals surface area contributed by atoms with Crippen molar-refractivity contribution in [3.05, 3.63) is 34.9 Å². The van der Waals surface area contributed by atoms with Crippen molar-refractivity contribution in [2.45, 2.75) is 13.8 Å². The second-order valence-electron chi connectivity index (χ2n) is 3.43. The summed E-state index contributed by atoms with van der Waals surface area (Å²) >= 11 is 6.00. The van der Waals surface area contributed by atoms with Crippen molar-refractivity contribution in [2.75, 3.05) is 13.7 Å². The molecular formula is C13H15ClO3. The van der Waals surface area contributed by atoms with Crippen LogP contribution in [-0.4, -0.2) is 19.7 Å². The minimum absolute atomic E-state index is 0.350. The van der Waals surface area contributed by atoms with Gasteiger partial charge >= 0.3 is 5.97 Å². The van der Waals surface area contributed by atoms with Crippen LogP contribution in [-0.2, 0) is 9.53 Å². The lowest BCUT2D eigenvalue weighted by atomic mass is 10.1. The number of ether oxygens (including phenoxy) is 2. The zero-order valence-corrected chi connectivity index (χ0v) is 10.9. The molecule has 0 saturated heterocycles. The minimum Gasteiger partial charge on any atom is -0.495 e. The zero-order valence-electron chi connectivity index (χ0n) is 10.1. The molecule has 0 aliphatic rings. The average molecular weight is 255 g/mol. The highest BCUT2D eigenvalue weighted by atomic mass is 35.5. The standard InChI is InChI=1S/C13H15ClO3/c1-4-17-13(15)7-9(2)10-5-6-12(16-3)11(14)8-10/h5-8H,4H2,1-3H3/b9-7+. The number of hydrogen-bond donors (Lipinski definition) is 0. The highest BCUT2D eigenvalue weighted by Gasteiger charge is 2.05. The summed E-state index contributed by atoms with van der Waals surface area (Å²) in [6, 6.07) is 5.36. The van der Waals surface area contributed by atoms with Gasteiger partial charge in [-0.3, -0.25) is 0 Å². The number of rotatable bonds is 4. The summed E-state index contributed by atoms with van der Waals surface area (Å²) in [6.07, 6.45) is 1.45. The van der Waals surface area contributed by atoms with Crippen molar-refractivity contribution in [2.24, 2.45) is 0 Å². The van der Waals surface area contributed by atoms with Crippen molar-refractivity contribution in [3.8, 4) is 5.75 Å². The van der Waals surface area contributed by atoms with E-state index in [-0.39, 0.29) is 5.97 Å². The number of carbonyl (C=O) groups excluding carboxylic acids is 1. The molecule has 0 unspecified atom stereocenters. The monoisotopic (exact) mass is 254 g/mol. The molecule has 0 atom stereocenters. The summed E-state index contributed by atoms with van der Waals surface area (Å²) < 4.78 is 9.89.